The van der Waals surface area contributed by atoms with Crippen LogP contribution >= 0.6 is 0 Å². The summed E-state index contributed by atoms with van der Waals surface area (Å²) in [6.07, 6.45) is 3.71. The highest BCUT2D eigenvalue weighted by Crippen LogP contribution is 2.01. The molecule has 0 radical (unpaired) electrons. The van der Waals surface area contributed by atoms with Crippen molar-refractivity contribution in [2.24, 2.45) is 11.7 Å². The quantitative estimate of drug-likeness (QED) is 0.549. The first-order valence-electron chi connectivity index (χ1n) is 4.75. The Labute approximate surface area is 70.5 Å². The van der Waals surface area contributed by atoms with E-state index < -0.39 is 0 Å². The molecule has 0 aromatic heterocycles. The summed E-state index contributed by atoms with van der Waals surface area (Å²) in [7, 11) is 0. The van der Waals surface area contributed by atoms with Gasteiger partial charge in [0.15, 0.2) is 0 Å². The van der Waals surface area contributed by atoms with Crippen molar-refractivity contribution in [2.45, 2.75) is 33.1 Å². The molecule has 1 unspecified atom stereocenters. The van der Waals surface area contributed by atoms with Gasteiger partial charge in [-0.3, -0.25) is 0 Å². The lowest BCUT2D eigenvalue weighted by Gasteiger charge is -2.13. The van der Waals surface area contributed by atoms with E-state index >= 15 is 0 Å². The van der Waals surface area contributed by atoms with Gasteiger partial charge in [-0.2, -0.15) is 0 Å². The number of nitrogens with one attached hydrogen (secondary N) is 1. The highest BCUT2D eigenvalue weighted by molar-refractivity contribution is 4.61. The van der Waals surface area contributed by atoms with E-state index in [-0.39, 0.29) is 0 Å². The summed E-state index contributed by atoms with van der Waals surface area (Å²) in [4.78, 5) is 0. The first-order valence-corrected chi connectivity index (χ1v) is 4.75. The Morgan fingerprint density at radius 2 is 2.00 bits per heavy atom. The van der Waals surface area contributed by atoms with Crippen LogP contribution in [0, 0.1) is 5.92 Å². The van der Waals surface area contributed by atoms with Crippen LogP contribution < -0.4 is 11.1 Å². The topological polar surface area (TPSA) is 38.0 Å². The van der Waals surface area contributed by atoms with Crippen LogP contribution in [0.15, 0.2) is 0 Å². The smallest absolute Gasteiger partial charge is 0.000846 e. The van der Waals surface area contributed by atoms with Gasteiger partial charge in [-0.05, 0) is 38.4 Å². The molecule has 0 saturated heterocycles. The monoisotopic (exact) mass is 158 g/mol. The number of nitrogens with two attached hydrogens (primary N) is 1. The summed E-state index contributed by atoms with van der Waals surface area (Å²) in [6, 6.07) is 0. The summed E-state index contributed by atoms with van der Waals surface area (Å²) in [5, 5.41) is 3.39. The standard InChI is InChI=1S/C9H22N2/c1-3-5-9(7-10)8-11-6-4-2/h9,11H,3-8,10H2,1-2H3. The molecule has 0 aliphatic heterocycles. The molecule has 68 valence electrons. The lowest BCUT2D eigenvalue weighted by Crippen LogP contribution is -2.28. The second-order valence-corrected chi connectivity index (χ2v) is 3.09. The molecule has 3 N–H and O–H groups in total. The van der Waals surface area contributed by atoms with Crippen molar-refractivity contribution in [3.05, 3.63) is 0 Å². The molecule has 2 nitrogen and oxygen atoms in total. The third kappa shape index (κ3) is 6.32. The van der Waals surface area contributed by atoms with Crippen molar-refractivity contribution in [1.29, 1.82) is 0 Å². The van der Waals surface area contributed by atoms with Crippen LogP contribution in [0.3, 0.4) is 0 Å². The maximum atomic E-state index is 5.60. The van der Waals surface area contributed by atoms with Crippen molar-refractivity contribution in [1.82, 2.24) is 5.32 Å². The fourth-order valence-corrected chi connectivity index (χ4v) is 1.19. The van der Waals surface area contributed by atoms with Crippen LogP contribution in [0.4, 0.5) is 0 Å². The molecule has 0 bridgehead atoms. The third-order valence-corrected chi connectivity index (χ3v) is 1.89. The molecular weight excluding hydrogens is 136 g/mol. The zero-order valence-corrected chi connectivity index (χ0v) is 7.90. The molecule has 1 atom stereocenters. The second kappa shape index (κ2) is 8.02. The maximum Gasteiger partial charge on any atom is -0.000846 e. The number of hydrogen-bond donors (Lipinski definition) is 2. The van der Waals surface area contributed by atoms with Gasteiger partial charge < -0.3 is 11.1 Å². The Morgan fingerprint density at radius 3 is 2.45 bits per heavy atom. The van der Waals surface area contributed by atoms with E-state index in [9.17, 15) is 0 Å². The Bertz CT molecular complexity index is 74.0. The maximum absolute atomic E-state index is 5.60. The van der Waals surface area contributed by atoms with Gasteiger partial charge in [0.25, 0.3) is 0 Å². The van der Waals surface area contributed by atoms with E-state index in [1.807, 2.05) is 0 Å². The summed E-state index contributed by atoms with van der Waals surface area (Å²) >= 11 is 0. The predicted molar refractivity (Wildman–Crippen MR) is 50.6 cm³/mol. The molecular formula is C9H22N2. The van der Waals surface area contributed by atoms with Crippen LogP contribution in [0.1, 0.15) is 33.1 Å². The van der Waals surface area contributed by atoms with Crippen LogP contribution in [0.5, 0.6) is 0 Å². The lowest BCUT2D eigenvalue weighted by molar-refractivity contribution is 0.450. The van der Waals surface area contributed by atoms with Gasteiger partial charge in [-0.1, -0.05) is 20.3 Å². The minimum Gasteiger partial charge on any atom is -0.330 e. The van der Waals surface area contributed by atoms with Crippen LogP contribution in [-0.4, -0.2) is 19.6 Å². The second-order valence-electron chi connectivity index (χ2n) is 3.09. The fourth-order valence-electron chi connectivity index (χ4n) is 1.19. The zero-order valence-electron chi connectivity index (χ0n) is 7.90. The summed E-state index contributed by atoms with van der Waals surface area (Å²) in [5.41, 5.74) is 5.60. The summed E-state index contributed by atoms with van der Waals surface area (Å²) in [6.45, 7) is 7.44. The predicted octanol–water partition coefficient (Wildman–Crippen LogP) is 1.36. The molecule has 0 aliphatic carbocycles. The van der Waals surface area contributed by atoms with Gasteiger partial charge in [0.1, 0.15) is 0 Å². The molecule has 0 aliphatic rings. The Balaban J connectivity index is 3.20. The van der Waals surface area contributed by atoms with E-state index in [1.54, 1.807) is 0 Å². The van der Waals surface area contributed by atoms with Gasteiger partial charge >= 0.3 is 0 Å². The molecule has 0 fully saturated rings. The highest BCUT2D eigenvalue weighted by atomic mass is 14.9. The summed E-state index contributed by atoms with van der Waals surface area (Å²) in [5.74, 6) is 0.687. The van der Waals surface area contributed by atoms with Crippen LogP contribution in [0.25, 0.3) is 0 Å². The molecule has 0 amide bonds. The molecule has 11 heavy (non-hydrogen) atoms. The van der Waals surface area contributed by atoms with Gasteiger partial charge in [0.2, 0.25) is 0 Å². The van der Waals surface area contributed by atoms with Crippen molar-refractivity contribution < 1.29 is 0 Å². The Kier molecular flexibility index (Phi) is 7.96. The van der Waals surface area contributed by atoms with E-state index in [1.165, 1.54) is 19.3 Å². The first kappa shape index (κ1) is 10.9. The minimum absolute atomic E-state index is 0.687. The molecule has 0 aromatic rings. The van der Waals surface area contributed by atoms with E-state index in [0.29, 0.717) is 5.92 Å². The average Bonchev–Trinajstić information content (AvgIpc) is 2.03. The molecule has 0 saturated carbocycles. The highest BCUT2D eigenvalue weighted by Gasteiger charge is 2.02. The van der Waals surface area contributed by atoms with E-state index in [2.05, 4.69) is 19.2 Å². The Hall–Kier alpha value is -0.0800. The SMILES string of the molecule is CCCNCC(CN)CCC. The molecule has 0 aromatic carbocycles. The third-order valence-electron chi connectivity index (χ3n) is 1.89. The van der Waals surface area contributed by atoms with Gasteiger partial charge in [0.05, 0.1) is 0 Å². The average molecular weight is 158 g/mol. The fraction of sp³-hybridized carbons (Fsp3) is 1.00. The van der Waals surface area contributed by atoms with E-state index in [0.717, 1.165) is 19.6 Å². The molecule has 0 spiro atoms. The van der Waals surface area contributed by atoms with Crippen LogP contribution in [0.2, 0.25) is 0 Å². The lowest BCUT2D eigenvalue weighted by atomic mass is 10.0. The van der Waals surface area contributed by atoms with Crippen molar-refractivity contribution in [3.63, 3.8) is 0 Å². The van der Waals surface area contributed by atoms with Crippen molar-refractivity contribution in [3.8, 4) is 0 Å². The van der Waals surface area contributed by atoms with Gasteiger partial charge in [0, 0.05) is 0 Å². The Morgan fingerprint density at radius 1 is 1.27 bits per heavy atom. The van der Waals surface area contributed by atoms with Crippen LogP contribution in [-0.2, 0) is 0 Å². The van der Waals surface area contributed by atoms with Crippen molar-refractivity contribution >= 4 is 0 Å². The largest absolute Gasteiger partial charge is 0.330 e. The number of hydrogen-bond acceptors (Lipinski definition) is 2. The minimum atomic E-state index is 0.687. The van der Waals surface area contributed by atoms with Gasteiger partial charge in [-0.25, -0.2) is 0 Å². The number of rotatable bonds is 7. The zero-order chi connectivity index (χ0) is 8.53. The van der Waals surface area contributed by atoms with Crippen molar-refractivity contribution in [2.75, 3.05) is 19.6 Å². The first-order chi connectivity index (χ1) is 5.35. The normalized spacial score (nSPS) is 13.4. The molecule has 2 heteroatoms. The summed E-state index contributed by atoms with van der Waals surface area (Å²) < 4.78 is 0. The van der Waals surface area contributed by atoms with Gasteiger partial charge in [-0.15, -0.1) is 0 Å². The molecule has 0 rings (SSSR count). The molecule has 0 heterocycles. The van der Waals surface area contributed by atoms with E-state index in [4.69, 9.17) is 5.73 Å².